The van der Waals surface area contributed by atoms with E-state index >= 15 is 0 Å². The molecule has 14 heavy (non-hydrogen) atoms. The first-order valence-corrected chi connectivity index (χ1v) is 5.89. The van der Waals surface area contributed by atoms with Crippen molar-refractivity contribution in [2.75, 3.05) is 17.2 Å². The van der Waals surface area contributed by atoms with Gasteiger partial charge in [0.15, 0.2) is 5.13 Å². The predicted octanol–water partition coefficient (Wildman–Crippen LogP) is 2.21. The molecule has 1 aliphatic heterocycles. The van der Waals surface area contributed by atoms with Crippen LogP contribution in [-0.2, 0) is 0 Å². The first-order chi connectivity index (χ1) is 6.59. The summed E-state index contributed by atoms with van der Waals surface area (Å²) in [6.45, 7) is 7.99. The lowest BCUT2D eigenvalue weighted by Gasteiger charge is -2.22. The van der Waals surface area contributed by atoms with Gasteiger partial charge in [-0.25, -0.2) is 4.98 Å². The van der Waals surface area contributed by atoms with E-state index in [1.165, 1.54) is 0 Å². The van der Waals surface area contributed by atoms with E-state index in [1.54, 1.807) is 17.5 Å². The van der Waals surface area contributed by atoms with Crippen molar-refractivity contribution in [2.45, 2.75) is 26.8 Å². The molecule has 0 aromatic carbocycles. The van der Waals surface area contributed by atoms with Crippen molar-refractivity contribution < 1.29 is 0 Å². The summed E-state index contributed by atoms with van der Waals surface area (Å²) >= 11 is 1.59. The predicted molar refractivity (Wildman–Crippen MR) is 61.7 cm³/mol. The van der Waals surface area contributed by atoms with Crippen LogP contribution in [0.2, 0.25) is 0 Å². The Kier molecular flexibility index (Phi) is 2.39. The van der Waals surface area contributed by atoms with E-state index in [0.29, 0.717) is 6.04 Å². The minimum atomic E-state index is 0.579. The van der Waals surface area contributed by atoms with Crippen molar-refractivity contribution in [1.29, 1.82) is 0 Å². The van der Waals surface area contributed by atoms with Gasteiger partial charge in [0, 0.05) is 12.6 Å². The molecule has 1 aromatic heterocycles. The Balaban J connectivity index is 2.20. The summed E-state index contributed by atoms with van der Waals surface area (Å²) in [5.74, 6) is 1.48. The highest BCUT2D eigenvalue weighted by Crippen LogP contribution is 2.35. The van der Waals surface area contributed by atoms with E-state index in [2.05, 4.69) is 30.7 Å². The molecule has 2 heterocycles. The lowest BCUT2D eigenvalue weighted by atomic mass is 9.95. The highest BCUT2D eigenvalue weighted by atomic mass is 32.1. The summed E-state index contributed by atoms with van der Waals surface area (Å²) in [5, 5.41) is 1.88. The van der Waals surface area contributed by atoms with E-state index in [1.807, 2.05) is 0 Å². The second kappa shape index (κ2) is 3.42. The second-order valence-electron chi connectivity index (χ2n) is 4.27. The van der Waals surface area contributed by atoms with E-state index in [4.69, 9.17) is 5.73 Å². The quantitative estimate of drug-likeness (QED) is 0.774. The van der Waals surface area contributed by atoms with Gasteiger partial charge in [-0.3, -0.25) is 0 Å². The smallest absolute Gasteiger partial charge is 0.187 e. The normalized spacial score (nSPS) is 32.5. The van der Waals surface area contributed by atoms with Gasteiger partial charge in [0.2, 0.25) is 0 Å². The lowest BCUT2D eigenvalue weighted by molar-refractivity contribution is 0.441. The van der Waals surface area contributed by atoms with Crippen LogP contribution in [0.25, 0.3) is 0 Å². The molecule has 0 spiro atoms. The number of anilines is 2. The zero-order valence-electron chi connectivity index (χ0n) is 8.90. The molecule has 3 nitrogen and oxygen atoms in total. The van der Waals surface area contributed by atoms with E-state index in [0.717, 1.165) is 28.5 Å². The Morgan fingerprint density at radius 3 is 2.64 bits per heavy atom. The number of nitrogens with two attached hydrogens (primary N) is 1. The molecule has 0 amide bonds. The van der Waals surface area contributed by atoms with Crippen molar-refractivity contribution in [3.05, 3.63) is 6.20 Å². The van der Waals surface area contributed by atoms with E-state index < -0.39 is 0 Å². The van der Waals surface area contributed by atoms with Crippen LogP contribution in [0.4, 0.5) is 10.1 Å². The lowest BCUT2D eigenvalue weighted by Crippen LogP contribution is -2.28. The van der Waals surface area contributed by atoms with Gasteiger partial charge < -0.3 is 10.6 Å². The summed E-state index contributed by atoms with van der Waals surface area (Å²) in [6, 6.07) is 0.579. The van der Waals surface area contributed by atoms with Crippen LogP contribution in [-0.4, -0.2) is 17.6 Å². The van der Waals surface area contributed by atoms with Crippen LogP contribution in [0, 0.1) is 11.8 Å². The minimum Gasteiger partial charge on any atom is -0.389 e. The standard InChI is InChI=1S/C10H17N3S/c1-6-5-13(8(3)7(6)2)10-12-4-9(11)14-10/h4,6-8H,5,11H2,1-3H3. The van der Waals surface area contributed by atoms with Crippen LogP contribution < -0.4 is 10.6 Å². The molecule has 0 aliphatic carbocycles. The largest absolute Gasteiger partial charge is 0.389 e. The molecule has 4 heteroatoms. The Bertz CT molecular complexity index is 323. The molecule has 0 radical (unpaired) electrons. The third-order valence-electron chi connectivity index (χ3n) is 3.39. The Hall–Kier alpha value is -0.770. The van der Waals surface area contributed by atoms with Gasteiger partial charge in [0.1, 0.15) is 5.00 Å². The fourth-order valence-corrected chi connectivity index (χ4v) is 2.84. The fraction of sp³-hybridized carbons (Fsp3) is 0.700. The third kappa shape index (κ3) is 1.47. The van der Waals surface area contributed by atoms with Gasteiger partial charge in [-0.1, -0.05) is 25.2 Å². The maximum absolute atomic E-state index is 5.69. The zero-order valence-corrected chi connectivity index (χ0v) is 9.71. The van der Waals surface area contributed by atoms with Crippen molar-refractivity contribution in [3.63, 3.8) is 0 Å². The Morgan fingerprint density at radius 1 is 1.50 bits per heavy atom. The third-order valence-corrected chi connectivity index (χ3v) is 4.26. The van der Waals surface area contributed by atoms with Crippen LogP contribution in [0.3, 0.4) is 0 Å². The number of hydrogen-bond donors (Lipinski definition) is 1. The second-order valence-corrected chi connectivity index (χ2v) is 5.32. The average Bonchev–Trinajstić information content (AvgIpc) is 2.66. The van der Waals surface area contributed by atoms with Crippen molar-refractivity contribution in [1.82, 2.24) is 4.98 Å². The number of thiazole rings is 1. The SMILES string of the molecule is CC1CN(c2ncc(N)s2)C(C)C1C. The molecule has 1 aromatic rings. The van der Waals surface area contributed by atoms with Gasteiger partial charge in [-0.2, -0.15) is 0 Å². The van der Waals surface area contributed by atoms with Crippen LogP contribution in [0.15, 0.2) is 6.20 Å². The molecular weight excluding hydrogens is 194 g/mol. The monoisotopic (exact) mass is 211 g/mol. The van der Waals surface area contributed by atoms with Crippen LogP contribution >= 0.6 is 11.3 Å². The number of rotatable bonds is 1. The Labute approximate surface area is 88.9 Å². The van der Waals surface area contributed by atoms with Crippen molar-refractivity contribution >= 4 is 21.5 Å². The van der Waals surface area contributed by atoms with Crippen LogP contribution in [0.5, 0.6) is 0 Å². The number of aromatic nitrogens is 1. The van der Waals surface area contributed by atoms with Gasteiger partial charge in [0.25, 0.3) is 0 Å². The molecule has 1 fully saturated rings. The molecule has 0 saturated carbocycles. The number of nitrogens with zero attached hydrogens (tertiary/aromatic N) is 2. The molecule has 1 aliphatic rings. The molecular formula is C10H17N3S. The first kappa shape index (κ1) is 9.77. The highest BCUT2D eigenvalue weighted by Gasteiger charge is 2.34. The number of hydrogen-bond acceptors (Lipinski definition) is 4. The van der Waals surface area contributed by atoms with Crippen LogP contribution in [0.1, 0.15) is 20.8 Å². The van der Waals surface area contributed by atoms with Gasteiger partial charge >= 0.3 is 0 Å². The summed E-state index contributed by atoms with van der Waals surface area (Å²) in [6.07, 6.45) is 1.75. The Morgan fingerprint density at radius 2 is 2.21 bits per heavy atom. The highest BCUT2D eigenvalue weighted by molar-refractivity contribution is 7.19. The molecule has 1 saturated heterocycles. The number of nitrogen functional groups attached to an aromatic ring is 1. The summed E-state index contributed by atoms with van der Waals surface area (Å²) in [4.78, 5) is 6.71. The van der Waals surface area contributed by atoms with Crippen molar-refractivity contribution in [2.24, 2.45) is 11.8 Å². The van der Waals surface area contributed by atoms with Gasteiger partial charge in [0.05, 0.1) is 6.20 Å². The van der Waals surface area contributed by atoms with E-state index in [9.17, 15) is 0 Å². The maximum Gasteiger partial charge on any atom is 0.187 e. The van der Waals surface area contributed by atoms with Gasteiger partial charge in [-0.15, -0.1) is 0 Å². The minimum absolute atomic E-state index is 0.579. The molecule has 2 rings (SSSR count). The molecule has 3 unspecified atom stereocenters. The van der Waals surface area contributed by atoms with Gasteiger partial charge in [-0.05, 0) is 18.8 Å². The molecule has 3 atom stereocenters. The molecule has 0 bridgehead atoms. The zero-order chi connectivity index (χ0) is 10.3. The summed E-state index contributed by atoms with van der Waals surface area (Å²) in [5.41, 5.74) is 5.69. The van der Waals surface area contributed by atoms with Crippen molar-refractivity contribution in [3.8, 4) is 0 Å². The maximum atomic E-state index is 5.69. The first-order valence-electron chi connectivity index (χ1n) is 5.07. The molecule has 2 N–H and O–H groups in total. The fourth-order valence-electron chi connectivity index (χ4n) is 2.06. The summed E-state index contributed by atoms with van der Waals surface area (Å²) < 4.78 is 0. The molecule has 78 valence electrons. The van der Waals surface area contributed by atoms with E-state index in [-0.39, 0.29) is 0 Å². The topological polar surface area (TPSA) is 42.2 Å². The summed E-state index contributed by atoms with van der Waals surface area (Å²) in [7, 11) is 0. The average molecular weight is 211 g/mol.